The Morgan fingerprint density at radius 3 is 2.19 bits per heavy atom. The van der Waals surface area contributed by atoms with Gasteiger partial charge in [0.1, 0.15) is 0 Å². The molecule has 2 fully saturated rings. The molecule has 21 heavy (non-hydrogen) atoms. The lowest BCUT2D eigenvalue weighted by Crippen LogP contribution is -2.46. The van der Waals surface area contributed by atoms with Crippen molar-refractivity contribution in [3.8, 4) is 0 Å². The van der Waals surface area contributed by atoms with E-state index in [0.717, 1.165) is 6.61 Å². The molecule has 1 saturated carbocycles. The summed E-state index contributed by atoms with van der Waals surface area (Å²) in [5, 5.41) is 1.61. The van der Waals surface area contributed by atoms with Crippen LogP contribution >= 0.6 is 0 Å². The third-order valence-corrected chi connectivity index (χ3v) is 9.53. The first-order valence-electron chi connectivity index (χ1n) is 8.38. The highest BCUT2D eigenvalue weighted by molar-refractivity contribution is 6.89. The molecule has 2 heteroatoms. The van der Waals surface area contributed by atoms with Crippen LogP contribution in [-0.4, -0.2) is 20.3 Å². The minimum Gasteiger partial charge on any atom is -0.370 e. The average Bonchev–Trinajstić information content (AvgIpc) is 3.30. The molecule has 1 aromatic carbocycles. The summed E-state index contributed by atoms with van der Waals surface area (Å²) in [6.45, 7) is 13.3. The van der Waals surface area contributed by atoms with Gasteiger partial charge in [0.05, 0.1) is 20.3 Å². The normalized spacial score (nSPS) is 27.5. The Balaban J connectivity index is 1.77. The van der Waals surface area contributed by atoms with Gasteiger partial charge in [-0.15, -0.1) is 0 Å². The highest BCUT2D eigenvalue weighted by Gasteiger charge is 2.59. The van der Waals surface area contributed by atoms with E-state index in [1.165, 1.54) is 25.3 Å². The Bertz CT molecular complexity index is 510. The number of ether oxygens (including phenoxy) is 1. The van der Waals surface area contributed by atoms with Crippen molar-refractivity contribution in [1.29, 1.82) is 0 Å². The SMILES string of the molecule is CC1(CC(C)(C)C2(C[Si](C)(C)c3ccccc3)CC2)CO1. The quantitative estimate of drug-likeness (QED) is 0.553. The van der Waals surface area contributed by atoms with Gasteiger partial charge in [0, 0.05) is 0 Å². The number of hydrogen-bond donors (Lipinski definition) is 0. The van der Waals surface area contributed by atoms with E-state index in [1.54, 1.807) is 5.19 Å². The molecule has 1 atom stereocenters. The minimum atomic E-state index is -1.36. The van der Waals surface area contributed by atoms with Crippen molar-refractivity contribution >= 4 is 13.3 Å². The van der Waals surface area contributed by atoms with Crippen molar-refractivity contribution in [2.75, 3.05) is 6.61 Å². The second-order valence-corrected chi connectivity index (χ2v) is 13.7. The molecular formula is C19H30OSi. The van der Waals surface area contributed by atoms with Gasteiger partial charge in [0.25, 0.3) is 0 Å². The largest absolute Gasteiger partial charge is 0.370 e. The van der Waals surface area contributed by atoms with E-state index in [-0.39, 0.29) is 5.60 Å². The second kappa shape index (κ2) is 4.69. The lowest BCUT2D eigenvalue weighted by Gasteiger charge is -2.40. The lowest BCUT2D eigenvalue weighted by molar-refractivity contribution is 0.134. The van der Waals surface area contributed by atoms with Crippen LogP contribution in [0.25, 0.3) is 0 Å². The molecule has 1 unspecified atom stereocenters. The molecule has 2 aliphatic rings. The van der Waals surface area contributed by atoms with Crippen LogP contribution in [0.1, 0.15) is 40.0 Å². The van der Waals surface area contributed by atoms with E-state index in [2.05, 4.69) is 64.2 Å². The molecule has 1 aliphatic carbocycles. The first-order valence-corrected chi connectivity index (χ1v) is 11.6. The van der Waals surface area contributed by atoms with Gasteiger partial charge < -0.3 is 4.74 Å². The van der Waals surface area contributed by atoms with E-state index < -0.39 is 8.07 Å². The van der Waals surface area contributed by atoms with E-state index in [4.69, 9.17) is 4.74 Å². The summed E-state index contributed by atoms with van der Waals surface area (Å²) in [5.74, 6) is 0. The Hall–Kier alpha value is -0.603. The van der Waals surface area contributed by atoms with Crippen molar-refractivity contribution in [3.05, 3.63) is 30.3 Å². The van der Waals surface area contributed by atoms with Crippen LogP contribution < -0.4 is 5.19 Å². The predicted molar refractivity (Wildman–Crippen MR) is 92.8 cm³/mol. The monoisotopic (exact) mass is 302 g/mol. The van der Waals surface area contributed by atoms with Crippen LogP contribution in [0.15, 0.2) is 30.3 Å². The topological polar surface area (TPSA) is 12.5 Å². The fraction of sp³-hybridized carbons (Fsp3) is 0.684. The Labute approximate surface area is 131 Å². The smallest absolute Gasteiger partial charge is 0.0893 e. The highest BCUT2D eigenvalue weighted by atomic mass is 28.3. The molecule has 1 aliphatic heterocycles. The molecule has 0 amide bonds. The van der Waals surface area contributed by atoms with Gasteiger partial charge >= 0.3 is 0 Å². The fourth-order valence-electron chi connectivity index (χ4n) is 4.43. The Morgan fingerprint density at radius 2 is 1.71 bits per heavy atom. The summed E-state index contributed by atoms with van der Waals surface area (Å²) in [6.07, 6.45) is 4.05. The molecule has 1 heterocycles. The zero-order valence-corrected chi connectivity index (χ0v) is 15.3. The maximum absolute atomic E-state index is 5.68. The number of hydrogen-bond acceptors (Lipinski definition) is 1. The Kier molecular flexibility index (Phi) is 3.42. The number of epoxide rings is 1. The molecule has 1 nitrogen and oxygen atoms in total. The summed E-state index contributed by atoms with van der Waals surface area (Å²) in [6, 6.07) is 12.7. The fourth-order valence-corrected chi connectivity index (χ4v) is 8.25. The first-order chi connectivity index (χ1) is 9.68. The van der Waals surface area contributed by atoms with E-state index in [0.29, 0.717) is 10.8 Å². The summed E-state index contributed by atoms with van der Waals surface area (Å²) >= 11 is 0. The number of rotatable bonds is 6. The zero-order valence-electron chi connectivity index (χ0n) is 14.3. The summed E-state index contributed by atoms with van der Waals surface area (Å²) in [7, 11) is -1.36. The highest BCUT2D eigenvalue weighted by Crippen LogP contribution is 2.65. The molecule has 0 N–H and O–H groups in total. The zero-order chi connectivity index (χ0) is 15.4. The summed E-state index contributed by atoms with van der Waals surface area (Å²) in [4.78, 5) is 0. The molecular weight excluding hydrogens is 272 g/mol. The Morgan fingerprint density at radius 1 is 1.14 bits per heavy atom. The van der Waals surface area contributed by atoms with Crippen LogP contribution in [0.4, 0.5) is 0 Å². The molecule has 0 radical (unpaired) electrons. The van der Waals surface area contributed by atoms with Crippen LogP contribution in [-0.2, 0) is 4.74 Å². The van der Waals surface area contributed by atoms with Gasteiger partial charge in [-0.25, -0.2) is 0 Å². The molecule has 1 saturated heterocycles. The van der Waals surface area contributed by atoms with Crippen LogP contribution in [0, 0.1) is 10.8 Å². The summed E-state index contributed by atoms with van der Waals surface area (Å²) < 4.78 is 5.68. The number of benzene rings is 1. The van der Waals surface area contributed by atoms with Crippen molar-refractivity contribution in [2.24, 2.45) is 10.8 Å². The van der Waals surface area contributed by atoms with Crippen LogP contribution in [0.3, 0.4) is 0 Å². The summed E-state index contributed by atoms with van der Waals surface area (Å²) in [5.41, 5.74) is 1.14. The molecule has 3 rings (SSSR count). The third-order valence-electron chi connectivity index (χ3n) is 6.08. The maximum atomic E-state index is 5.68. The molecule has 0 aromatic heterocycles. The lowest BCUT2D eigenvalue weighted by atomic mass is 9.71. The van der Waals surface area contributed by atoms with Crippen molar-refractivity contribution in [3.63, 3.8) is 0 Å². The van der Waals surface area contributed by atoms with Gasteiger partial charge in [-0.05, 0) is 43.1 Å². The molecule has 0 spiro atoms. The van der Waals surface area contributed by atoms with Gasteiger partial charge in [0.2, 0.25) is 0 Å². The predicted octanol–water partition coefficient (Wildman–Crippen LogP) is 4.59. The van der Waals surface area contributed by atoms with Crippen molar-refractivity contribution in [1.82, 2.24) is 0 Å². The standard InChI is InChI=1S/C19H30OSi/c1-17(2,13-18(3)14-20-18)19(11-12-19)15-21(4,5)16-9-7-6-8-10-16/h6-10H,11-15H2,1-5H3. The van der Waals surface area contributed by atoms with Gasteiger partial charge in [-0.2, -0.15) is 0 Å². The van der Waals surface area contributed by atoms with E-state index in [9.17, 15) is 0 Å². The second-order valence-electron chi connectivity index (χ2n) is 9.01. The van der Waals surface area contributed by atoms with Gasteiger partial charge in [-0.1, -0.05) is 62.5 Å². The minimum absolute atomic E-state index is 0.178. The third kappa shape index (κ3) is 2.98. The van der Waals surface area contributed by atoms with E-state index in [1.807, 2.05) is 0 Å². The maximum Gasteiger partial charge on any atom is 0.0893 e. The van der Waals surface area contributed by atoms with Gasteiger partial charge in [0.15, 0.2) is 0 Å². The molecule has 1 aromatic rings. The first kappa shape index (κ1) is 15.3. The van der Waals surface area contributed by atoms with Crippen molar-refractivity contribution in [2.45, 2.75) is 64.8 Å². The molecule has 0 bridgehead atoms. The average molecular weight is 303 g/mol. The van der Waals surface area contributed by atoms with Gasteiger partial charge in [-0.3, -0.25) is 0 Å². The molecule has 116 valence electrons. The van der Waals surface area contributed by atoms with E-state index >= 15 is 0 Å². The van der Waals surface area contributed by atoms with Crippen LogP contribution in [0.5, 0.6) is 0 Å². The van der Waals surface area contributed by atoms with Crippen LogP contribution in [0.2, 0.25) is 19.1 Å². The van der Waals surface area contributed by atoms with Crippen molar-refractivity contribution < 1.29 is 4.74 Å².